The minimum absolute atomic E-state index is 0.559. The fourth-order valence-electron chi connectivity index (χ4n) is 1.58. The van der Waals surface area contributed by atoms with Gasteiger partial charge >= 0.3 is 0 Å². The maximum atomic E-state index is 9.31. The Morgan fingerprint density at radius 2 is 2.19 bits per heavy atom. The lowest BCUT2D eigenvalue weighted by Gasteiger charge is -2.01. The van der Waals surface area contributed by atoms with Crippen molar-refractivity contribution in [2.24, 2.45) is 0 Å². The van der Waals surface area contributed by atoms with Crippen LogP contribution >= 0.6 is 22.9 Å². The number of rotatable bonds is 3. The van der Waals surface area contributed by atoms with Crippen LogP contribution in [-0.4, -0.2) is 11.2 Å². The molecule has 0 saturated carbocycles. The highest BCUT2D eigenvalue weighted by Gasteiger charge is 2.10. The standard InChI is InChI=1S/C13H11ClOS/c1-2-9(15)7-8-12-13(14)10-5-3-4-6-11(10)16-12/h1,3-6,9,15H,7-8H2/t9-/m0/s1. The zero-order chi connectivity index (χ0) is 11.5. The van der Waals surface area contributed by atoms with Crippen LogP contribution in [0.25, 0.3) is 10.1 Å². The van der Waals surface area contributed by atoms with E-state index in [2.05, 4.69) is 5.92 Å². The normalized spacial score (nSPS) is 12.6. The Hall–Kier alpha value is -1.01. The van der Waals surface area contributed by atoms with Gasteiger partial charge in [0.15, 0.2) is 0 Å². The Morgan fingerprint density at radius 1 is 1.44 bits per heavy atom. The maximum Gasteiger partial charge on any atom is 0.114 e. The number of terminal acetylenes is 1. The van der Waals surface area contributed by atoms with Crippen LogP contribution in [0, 0.1) is 12.3 Å². The van der Waals surface area contributed by atoms with E-state index in [0.717, 1.165) is 21.7 Å². The third-order valence-corrected chi connectivity index (χ3v) is 4.21. The first kappa shape index (κ1) is 11.5. The van der Waals surface area contributed by atoms with Crippen molar-refractivity contribution >= 4 is 33.0 Å². The van der Waals surface area contributed by atoms with E-state index in [0.29, 0.717) is 6.42 Å². The molecule has 0 amide bonds. The minimum Gasteiger partial charge on any atom is -0.380 e. The molecule has 0 fully saturated rings. The summed E-state index contributed by atoms with van der Waals surface area (Å²) in [5.74, 6) is 2.31. The molecule has 2 rings (SSSR count). The van der Waals surface area contributed by atoms with E-state index < -0.39 is 6.10 Å². The Bertz CT molecular complexity index is 538. The molecule has 0 radical (unpaired) electrons. The molecule has 1 nitrogen and oxygen atoms in total. The lowest BCUT2D eigenvalue weighted by molar-refractivity contribution is 0.223. The zero-order valence-electron chi connectivity index (χ0n) is 8.61. The summed E-state index contributed by atoms with van der Waals surface area (Å²) < 4.78 is 1.18. The van der Waals surface area contributed by atoms with Crippen molar-refractivity contribution in [3.63, 3.8) is 0 Å². The summed E-state index contributed by atoms with van der Waals surface area (Å²) in [6, 6.07) is 8.03. The summed E-state index contributed by atoms with van der Waals surface area (Å²) >= 11 is 7.93. The van der Waals surface area contributed by atoms with Crippen LogP contribution in [0.4, 0.5) is 0 Å². The molecule has 82 valence electrons. The van der Waals surface area contributed by atoms with Crippen LogP contribution in [0.15, 0.2) is 24.3 Å². The summed E-state index contributed by atoms with van der Waals surface area (Å²) in [6.45, 7) is 0. The van der Waals surface area contributed by atoms with E-state index in [-0.39, 0.29) is 0 Å². The molecule has 0 aliphatic rings. The monoisotopic (exact) mass is 250 g/mol. The van der Waals surface area contributed by atoms with E-state index in [1.165, 1.54) is 4.70 Å². The number of thiophene rings is 1. The van der Waals surface area contributed by atoms with E-state index in [1.807, 2.05) is 24.3 Å². The number of fused-ring (bicyclic) bond motifs is 1. The highest BCUT2D eigenvalue weighted by molar-refractivity contribution is 7.19. The van der Waals surface area contributed by atoms with Crippen molar-refractivity contribution in [3.8, 4) is 12.3 Å². The number of aliphatic hydroxyl groups excluding tert-OH is 1. The quantitative estimate of drug-likeness (QED) is 0.827. The van der Waals surface area contributed by atoms with Crippen molar-refractivity contribution in [1.29, 1.82) is 0 Å². The van der Waals surface area contributed by atoms with E-state index >= 15 is 0 Å². The Labute approximate surface area is 104 Å². The number of hydrogen-bond donors (Lipinski definition) is 1. The van der Waals surface area contributed by atoms with Gasteiger partial charge in [0.2, 0.25) is 0 Å². The molecule has 2 aromatic rings. The minimum atomic E-state index is -0.679. The summed E-state index contributed by atoms with van der Waals surface area (Å²) in [5, 5.41) is 11.2. The molecule has 0 aliphatic carbocycles. The fraction of sp³-hybridized carbons (Fsp3) is 0.231. The van der Waals surface area contributed by atoms with Gasteiger partial charge in [0.25, 0.3) is 0 Å². The van der Waals surface area contributed by atoms with Crippen molar-refractivity contribution in [2.45, 2.75) is 18.9 Å². The van der Waals surface area contributed by atoms with Gasteiger partial charge < -0.3 is 5.11 Å². The molecule has 0 aliphatic heterocycles. The average molecular weight is 251 g/mol. The highest BCUT2D eigenvalue weighted by Crippen LogP contribution is 2.35. The van der Waals surface area contributed by atoms with E-state index in [1.54, 1.807) is 11.3 Å². The Morgan fingerprint density at radius 3 is 2.88 bits per heavy atom. The number of halogens is 1. The lowest BCUT2D eigenvalue weighted by atomic mass is 10.1. The van der Waals surface area contributed by atoms with Gasteiger partial charge in [0.05, 0.1) is 5.02 Å². The molecule has 1 aromatic heterocycles. The van der Waals surface area contributed by atoms with Gasteiger partial charge in [-0.1, -0.05) is 35.7 Å². The van der Waals surface area contributed by atoms with Gasteiger partial charge in [-0.3, -0.25) is 0 Å². The van der Waals surface area contributed by atoms with Gasteiger partial charge in [0.1, 0.15) is 6.10 Å². The van der Waals surface area contributed by atoms with Crippen LogP contribution in [0.1, 0.15) is 11.3 Å². The van der Waals surface area contributed by atoms with Crippen molar-refractivity contribution in [3.05, 3.63) is 34.2 Å². The first-order chi connectivity index (χ1) is 7.72. The maximum absolute atomic E-state index is 9.31. The Balaban J connectivity index is 2.25. The highest BCUT2D eigenvalue weighted by atomic mass is 35.5. The molecule has 1 N–H and O–H groups in total. The molecule has 16 heavy (non-hydrogen) atoms. The fourth-order valence-corrected chi connectivity index (χ4v) is 3.12. The molecular formula is C13H11ClOS. The van der Waals surface area contributed by atoms with Gasteiger partial charge in [-0.05, 0) is 18.9 Å². The molecular weight excluding hydrogens is 240 g/mol. The Kier molecular flexibility index (Phi) is 3.50. The lowest BCUT2D eigenvalue weighted by Crippen LogP contribution is -2.03. The second-order valence-electron chi connectivity index (χ2n) is 3.56. The summed E-state index contributed by atoms with van der Waals surface area (Å²) in [7, 11) is 0. The zero-order valence-corrected chi connectivity index (χ0v) is 10.2. The number of hydrogen-bond acceptors (Lipinski definition) is 2. The van der Waals surface area contributed by atoms with Crippen LogP contribution in [0.5, 0.6) is 0 Å². The number of aliphatic hydroxyl groups is 1. The van der Waals surface area contributed by atoms with Gasteiger partial charge in [0, 0.05) is 15.0 Å². The summed E-state index contributed by atoms with van der Waals surface area (Å²) in [6.07, 6.45) is 5.72. The predicted molar refractivity (Wildman–Crippen MR) is 70.0 cm³/mol. The second-order valence-corrected chi connectivity index (χ2v) is 5.07. The van der Waals surface area contributed by atoms with Crippen molar-refractivity contribution in [1.82, 2.24) is 0 Å². The van der Waals surface area contributed by atoms with E-state index in [9.17, 15) is 5.11 Å². The third-order valence-electron chi connectivity index (χ3n) is 2.44. The first-order valence-corrected chi connectivity index (χ1v) is 6.22. The SMILES string of the molecule is C#C[C@H](O)CCc1sc2ccccc2c1Cl. The molecule has 1 heterocycles. The second kappa shape index (κ2) is 4.88. The van der Waals surface area contributed by atoms with Crippen LogP contribution in [-0.2, 0) is 6.42 Å². The van der Waals surface area contributed by atoms with Crippen LogP contribution < -0.4 is 0 Å². The van der Waals surface area contributed by atoms with Crippen LogP contribution in [0.3, 0.4) is 0 Å². The number of benzene rings is 1. The van der Waals surface area contributed by atoms with Gasteiger partial charge in [-0.15, -0.1) is 17.8 Å². The topological polar surface area (TPSA) is 20.2 Å². The predicted octanol–water partition coefficient (Wildman–Crippen LogP) is 3.48. The molecule has 1 aromatic carbocycles. The molecule has 0 spiro atoms. The molecule has 1 atom stereocenters. The average Bonchev–Trinajstić information content (AvgIpc) is 2.64. The van der Waals surface area contributed by atoms with Gasteiger partial charge in [-0.25, -0.2) is 0 Å². The third kappa shape index (κ3) is 2.22. The molecule has 0 unspecified atom stereocenters. The largest absolute Gasteiger partial charge is 0.380 e. The van der Waals surface area contributed by atoms with Crippen molar-refractivity contribution in [2.75, 3.05) is 0 Å². The van der Waals surface area contributed by atoms with Gasteiger partial charge in [-0.2, -0.15) is 0 Å². The number of aryl methyl sites for hydroxylation is 1. The molecule has 0 bridgehead atoms. The summed E-state index contributed by atoms with van der Waals surface area (Å²) in [4.78, 5) is 1.09. The first-order valence-electron chi connectivity index (χ1n) is 5.02. The molecule has 0 saturated heterocycles. The smallest absolute Gasteiger partial charge is 0.114 e. The van der Waals surface area contributed by atoms with Crippen molar-refractivity contribution < 1.29 is 5.11 Å². The van der Waals surface area contributed by atoms with Crippen LogP contribution in [0.2, 0.25) is 5.02 Å². The van der Waals surface area contributed by atoms with E-state index in [4.69, 9.17) is 18.0 Å². The molecule has 3 heteroatoms. The summed E-state index contributed by atoms with van der Waals surface area (Å²) in [5.41, 5.74) is 0.